The monoisotopic (exact) mass is 155 g/mol. The molecule has 0 spiro atoms. The molecule has 4 nitrogen and oxygen atoms in total. The van der Waals surface area contributed by atoms with E-state index in [-0.39, 0.29) is 12.2 Å². The quantitative estimate of drug-likeness (QED) is 0.415. The summed E-state index contributed by atoms with van der Waals surface area (Å²) in [7, 11) is 0. The van der Waals surface area contributed by atoms with Gasteiger partial charge in [0, 0.05) is 0 Å². The standard InChI is InChI=1S/C7H9NO3/c1-2-4-5(9)3-6(10)8-7(4)11/h4H,2-3H2,1H3,(H,8,10,11). The maximum absolute atomic E-state index is 11.0. The zero-order chi connectivity index (χ0) is 8.43. The lowest BCUT2D eigenvalue weighted by Gasteiger charge is -2.17. The van der Waals surface area contributed by atoms with Crippen LogP contribution in [0.2, 0.25) is 0 Å². The highest BCUT2D eigenvalue weighted by molar-refractivity contribution is 6.18. The second-order valence-electron chi connectivity index (χ2n) is 2.52. The minimum Gasteiger partial charge on any atom is -0.298 e. The number of rotatable bonds is 1. The Bertz CT molecular complexity index is 202. The summed E-state index contributed by atoms with van der Waals surface area (Å²) in [4.78, 5) is 32.5. The van der Waals surface area contributed by atoms with Gasteiger partial charge in [0.1, 0.15) is 0 Å². The van der Waals surface area contributed by atoms with Crippen LogP contribution in [0.15, 0.2) is 0 Å². The molecular weight excluding hydrogens is 146 g/mol. The van der Waals surface area contributed by atoms with Crippen LogP contribution in [0.25, 0.3) is 0 Å². The van der Waals surface area contributed by atoms with Gasteiger partial charge in [0.15, 0.2) is 5.78 Å². The molecule has 0 bridgehead atoms. The molecule has 1 unspecified atom stereocenters. The van der Waals surface area contributed by atoms with Gasteiger partial charge >= 0.3 is 0 Å². The van der Waals surface area contributed by atoms with Gasteiger partial charge in [0.05, 0.1) is 12.3 Å². The number of imide groups is 1. The van der Waals surface area contributed by atoms with Gasteiger partial charge in [0.25, 0.3) is 0 Å². The average Bonchev–Trinajstić information content (AvgIpc) is 1.85. The lowest BCUT2D eigenvalue weighted by Crippen LogP contribution is -2.45. The highest BCUT2D eigenvalue weighted by Crippen LogP contribution is 2.11. The van der Waals surface area contributed by atoms with Gasteiger partial charge in [-0.15, -0.1) is 0 Å². The Kier molecular flexibility index (Phi) is 2.03. The molecule has 0 radical (unpaired) electrons. The first-order valence-corrected chi connectivity index (χ1v) is 3.51. The fourth-order valence-electron chi connectivity index (χ4n) is 1.11. The molecule has 1 N–H and O–H groups in total. The highest BCUT2D eigenvalue weighted by Gasteiger charge is 2.32. The molecule has 2 amide bonds. The van der Waals surface area contributed by atoms with Gasteiger partial charge in [-0.3, -0.25) is 19.7 Å². The summed E-state index contributed by atoms with van der Waals surface area (Å²) in [5, 5.41) is 2.11. The van der Waals surface area contributed by atoms with E-state index in [0.29, 0.717) is 6.42 Å². The number of carbonyl (C=O) groups excluding carboxylic acids is 3. The Morgan fingerprint density at radius 2 is 2.09 bits per heavy atom. The van der Waals surface area contributed by atoms with Gasteiger partial charge in [-0.2, -0.15) is 0 Å². The lowest BCUT2D eigenvalue weighted by molar-refractivity contribution is -0.143. The lowest BCUT2D eigenvalue weighted by atomic mass is 9.94. The summed E-state index contributed by atoms with van der Waals surface area (Å²) in [6, 6.07) is 0. The number of ketones is 1. The maximum atomic E-state index is 11.0. The third kappa shape index (κ3) is 1.45. The molecule has 0 saturated carbocycles. The Hall–Kier alpha value is -1.19. The Morgan fingerprint density at radius 3 is 2.55 bits per heavy atom. The molecular formula is C7H9NO3. The zero-order valence-corrected chi connectivity index (χ0v) is 6.22. The molecule has 1 aliphatic rings. The summed E-state index contributed by atoms with van der Waals surface area (Å²) in [5.41, 5.74) is 0. The molecule has 0 aromatic carbocycles. The summed E-state index contributed by atoms with van der Waals surface area (Å²) < 4.78 is 0. The topological polar surface area (TPSA) is 63.2 Å². The van der Waals surface area contributed by atoms with Crippen LogP contribution in [0.5, 0.6) is 0 Å². The van der Waals surface area contributed by atoms with Crippen LogP contribution in [-0.4, -0.2) is 17.6 Å². The van der Waals surface area contributed by atoms with Gasteiger partial charge in [0.2, 0.25) is 11.8 Å². The van der Waals surface area contributed by atoms with Crippen molar-refractivity contribution in [3.63, 3.8) is 0 Å². The number of Topliss-reactive ketones (excluding diaryl/α,β-unsaturated/α-hetero) is 1. The molecule has 1 aliphatic heterocycles. The summed E-state index contributed by atoms with van der Waals surface area (Å²) in [5.74, 6) is -1.80. The molecule has 4 heteroatoms. The fraction of sp³-hybridized carbons (Fsp3) is 0.571. The van der Waals surface area contributed by atoms with Crippen LogP contribution in [-0.2, 0) is 14.4 Å². The Morgan fingerprint density at radius 1 is 1.45 bits per heavy atom. The first-order chi connectivity index (χ1) is 5.15. The van der Waals surface area contributed by atoms with Crippen LogP contribution in [0.1, 0.15) is 19.8 Å². The SMILES string of the molecule is CCC1C(=O)CC(=O)NC1=O. The van der Waals surface area contributed by atoms with Crippen molar-refractivity contribution in [1.29, 1.82) is 0 Å². The zero-order valence-electron chi connectivity index (χ0n) is 6.22. The van der Waals surface area contributed by atoms with Crippen LogP contribution >= 0.6 is 0 Å². The minimum atomic E-state index is -0.604. The predicted octanol–water partition coefficient (Wildman–Crippen LogP) is -0.372. The van der Waals surface area contributed by atoms with E-state index in [9.17, 15) is 14.4 Å². The molecule has 11 heavy (non-hydrogen) atoms. The molecule has 1 heterocycles. The molecule has 0 aromatic rings. The Balaban J connectivity index is 2.74. The van der Waals surface area contributed by atoms with E-state index >= 15 is 0 Å². The van der Waals surface area contributed by atoms with Crippen LogP contribution in [0.4, 0.5) is 0 Å². The maximum Gasteiger partial charge on any atom is 0.237 e. The first-order valence-electron chi connectivity index (χ1n) is 3.51. The van der Waals surface area contributed by atoms with Crippen molar-refractivity contribution in [2.24, 2.45) is 5.92 Å². The van der Waals surface area contributed by atoms with Crippen LogP contribution in [0.3, 0.4) is 0 Å². The van der Waals surface area contributed by atoms with Gasteiger partial charge < -0.3 is 0 Å². The predicted molar refractivity (Wildman–Crippen MR) is 36.6 cm³/mol. The van der Waals surface area contributed by atoms with Crippen molar-refractivity contribution in [1.82, 2.24) is 5.32 Å². The first kappa shape index (κ1) is 7.91. The molecule has 0 aromatic heterocycles. The summed E-state index contributed by atoms with van der Waals surface area (Å²) >= 11 is 0. The van der Waals surface area contributed by atoms with Crippen molar-refractivity contribution >= 4 is 17.6 Å². The van der Waals surface area contributed by atoms with E-state index < -0.39 is 17.7 Å². The van der Waals surface area contributed by atoms with Crippen LogP contribution in [0, 0.1) is 5.92 Å². The second-order valence-corrected chi connectivity index (χ2v) is 2.52. The molecule has 1 fully saturated rings. The van der Waals surface area contributed by atoms with E-state index in [1.54, 1.807) is 6.92 Å². The normalized spacial score (nSPS) is 25.2. The third-order valence-electron chi connectivity index (χ3n) is 1.71. The number of nitrogens with one attached hydrogen (secondary N) is 1. The van der Waals surface area contributed by atoms with E-state index in [2.05, 4.69) is 5.32 Å². The van der Waals surface area contributed by atoms with E-state index in [4.69, 9.17) is 0 Å². The third-order valence-corrected chi connectivity index (χ3v) is 1.71. The molecule has 60 valence electrons. The number of carbonyl (C=O) groups is 3. The van der Waals surface area contributed by atoms with Crippen molar-refractivity contribution < 1.29 is 14.4 Å². The summed E-state index contributed by atoms with van der Waals surface area (Å²) in [6.45, 7) is 1.75. The number of hydrogen-bond donors (Lipinski definition) is 1. The van der Waals surface area contributed by atoms with Crippen molar-refractivity contribution in [3.8, 4) is 0 Å². The number of hydrogen-bond acceptors (Lipinski definition) is 3. The number of amides is 2. The second kappa shape index (κ2) is 2.82. The van der Waals surface area contributed by atoms with Gasteiger partial charge in [-0.25, -0.2) is 0 Å². The average molecular weight is 155 g/mol. The van der Waals surface area contributed by atoms with Gasteiger partial charge in [-0.1, -0.05) is 6.92 Å². The molecule has 1 saturated heterocycles. The highest BCUT2D eigenvalue weighted by atomic mass is 16.2. The minimum absolute atomic E-state index is 0.149. The van der Waals surface area contributed by atoms with Gasteiger partial charge in [-0.05, 0) is 6.42 Å². The Labute approximate surface area is 64.0 Å². The van der Waals surface area contributed by atoms with Crippen molar-refractivity contribution in [3.05, 3.63) is 0 Å². The fourth-order valence-corrected chi connectivity index (χ4v) is 1.11. The van der Waals surface area contributed by atoms with E-state index in [0.717, 1.165) is 0 Å². The molecule has 1 atom stereocenters. The molecule has 0 aliphatic carbocycles. The summed E-state index contributed by atoms with van der Waals surface area (Å²) in [6.07, 6.45) is 0.322. The molecule has 1 rings (SSSR count). The van der Waals surface area contributed by atoms with E-state index in [1.807, 2.05) is 0 Å². The number of piperidine rings is 1. The van der Waals surface area contributed by atoms with Crippen LogP contribution < -0.4 is 5.32 Å². The largest absolute Gasteiger partial charge is 0.298 e. The van der Waals surface area contributed by atoms with Crippen molar-refractivity contribution in [2.75, 3.05) is 0 Å². The smallest absolute Gasteiger partial charge is 0.237 e. The van der Waals surface area contributed by atoms with Crippen molar-refractivity contribution in [2.45, 2.75) is 19.8 Å². The van der Waals surface area contributed by atoms with E-state index in [1.165, 1.54) is 0 Å².